The molecule has 1 aliphatic rings. The minimum absolute atomic E-state index is 0.238. The van der Waals surface area contributed by atoms with Crippen molar-refractivity contribution >= 4 is 0 Å². The van der Waals surface area contributed by atoms with Crippen molar-refractivity contribution in [1.29, 1.82) is 0 Å². The molecule has 21 heavy (non-hydrogen) atoms. The van der Waals surface area contributed by atoms with E-state index in [-0.39, 0.29) is 6.61 Å². The summed E-state index contributed by atoms with van der Waals surface area (Å²) in [5.74, 6) is 3.10. The molecule has 0 unspecified atom stereocenters. The van der Waals surface area contributed by atoms with Gasteiger partial charge in [-0.3, -0.25) is 0 Å². The van der Waals surface area contributed by atoms with E-state index >= 15 is 0 Å². The number of rotatable bonds is 7. The Hall–Kier alpha value is -2.08. The summed E-state index contributed by atoms with van der Waals surface area (Å²) in [5.41, 5.74) is 6.69. The van der Waals surface area contributed by atoms with E-state index in [2.05, 4.69) is 10.1 Å². The Bertz CT molecular complexity index is 608. The Kier molecular flexibility index (Phi) is 4.06. The van der Waals surface area contributed by atoms with Gasteiger partial charge in [-0.15, -0.1) is 0 Å². The largest absolute Gasteiger partial charge is 0.493 e. The van der Waals surface area contributed by atoms with Gasteiger partial charge in [-0.05, 0) is 43.5 Å². The van der Waals surface area contributed by atoms with E-state index < -0.39 is 0 Å². The van der Waals surface area contributed by atoms with E-state index in [4.69, 9.17) is 19.7 Å². The molecule has 1 fully saturated rings. The molecule has 3 rings (SSSR count). The summed E-state index contributed by atoms with van der Waals surface area (Å²) < 4.78 is 16.2. The highest BCUT2D eigenvalue weighted by Crippen LogP contribution is 2.38. The molecule has 0 radical (unpaired) electrons. The van der Waals surface area contributed by atoms with E-state index in [0.29, 0.717) is 29.9 Å². The highest BCUT2D eigenvalue weighted by molar-refractivity contribution is 5.43. The molecular weight excluding hydrogens is 270 g/mol. The smallest absolute Gasteiger partial charge is 0.264 e. The standard InChI is InChI=1S/C15H19N3O3/c1-19-12-5-2-10(6-7-16)8-13(12)20-9-14-17-15(18-21-14)11-3-4-11/h2,5,8,11H,3-4,6-7,9,16H2,1H3. The van der Waals surface area contributed by atoms with Crippen LogP contribution in [0.4, 0.5) is 0 Å². The number of hydrogen-bond acceptors (Lipinski definition) is 6. The van der Waals surface area contributed by atoms with Gasteiger partial charge in [-0.25, -0.2) is 0 Å². The maximum Gasteiger partial charge on any atom is 0.264 e. The summed E-state index contributed by atoms with van der Waals surface area (Å²) in [6.45, 7) is 0.836. The number of ether oxygens (including phenoxy) is 2. The summed E-state index contributed by atoms with van der Waals surface area (Å²) in [4.78, 5) is 4.34. The van der Waals surface area contributed by atoms with Gasteiger partial charge in [0.15, 0.2) is 23.9 Å². The minimum Gasteiger partial charge on any atom is -0.493 e. The molecular formula is C15H19N3O3. The summed E-state index contributed by atoms with van der Waals surface area (Å²) in [6, 6.07) is 5.80. The first-order valence-electron chi connectivity index (χ1n) is 7.12. The maximum absolute atomic E-state index is 5.75. The van der Waals surface area contributed by atoms with Crippen LogP contribution in [0.15, 0.2) is 22.7 Å². The van der Waals surface area contributed by atoms with E-state index in [1.165, 1.54) is 0 Å². The number of hydrogen-bond donors (Lipinski definition) is 1. The van der Waals surface area contributed by atoms with Gasteiger partial charge in [0.25, 0.3) is 5.89 Å². The highest BCUT2D eigenvalue weighted by atomic mass is 16.5. The summed E-state index contributed by atoms with van der Waals surface area (Å²) in [6.07, 6.45) is 3.09. The molecule has 1 saturated carbocycles. The molecule has 1 aromatic heterocycles. The van der Waals surface area contributed by atoms with Crippen molar-refractivity contribution < 1.29 is 14.0 Å². The van der Waals surface area contributed by atoms with Gasteiger partial charge < -0.3 is 19.7 Å². The molecule has 0 aliphatic heterocycles. The first-order chi connectivity index (χ1) is 10.3. The average molecular weight is 289 g/mol. The van der Waals surface area contributed by atoms with E-state index in [1.54, 1.807) is 7.11 Å². The first-order valence-corrected chi connectivity index (χ1v) is 7.12. The van der Waals surface area contributed by atoms with Crippen molar-refractivity contribution in [3.8, 4) is 11.5 Å². The molecule has 2 aromatic rings. The van der Waals surface area contributed by atoms with Crippen LogP contribution in [0.3, 0.4) is 0 Å². The van der Waals surface area contributed by atoms with Gasteiger partial charge in [0.05, 0.1) is 7.11 Å². The van der Waals surface area contributed by atoms with Gasteiger partial charge in [0.1, 0.15) is 0 Å². The Morgan fingerprint density at radius 3 is 2.90 bits per heavy atom. The molecule has 6 heteroatoms. The average Bonchev–Trinajstić information content (AvgIpc) is 3.25. The summed E-state index contributed by atoms with van der Waals surface area (Å²) >= 11 is 0. The number of methoxy groups -OCH3 is 1. The normalized spacial score (nSPS) is 14.2. The van der Waals surface area contributed by atoms with Crippen LogP contribution in [0, 0.1) is 0 Å². The van der Waals surface area contributed by atoms with Crippen molar-refractivity contribution in [3.63, 3.8) is 0 Å². The Morgan fingerprint density at radius 1 is 1.33 bits per heavy atom. The van der Waals surface area contributed by atoms with Gasteiger partial charge in [0.2, 0.25) is 0 Å². The Morgan fingerprint density at radius 2 is 2.19 bits per heavy atom. The van der Waals surface area contributed by atoms with Crippen LogP contribution in [-0.4, -0.2) is 23.8 Å². The maximum atomic E-state index is 5.75. The van der Waals surface area contributed by atoms with E-state index in [9.17, 15) is 0 Å². The molecule has 0 amide bonds. The fourth-order valence-corrected chi connectivity index (χ4v) is 2.13. The Balaban J connectivity index is 1.68. The Labute approximate surface area is 123 Å². The van der Waals surface area contributed by atoms with Gasteiger partial charge in [0, 0.05) is 5.92 Å². The molecule has 0 spiro atoms. The lowest BCUT2D eigenvalue weighted by Gasteiger charge is -2.10. The van der Waals surface area contributed by atoms with Gasteiger partial charge in [-0.2, -0.15) is 4.98 Å². The lowest BCUT2D eigenvalue weighted by Crippen LogP contribution is -2.04. The first kappa shape index (κ1) is 13.9. The minimum atomic E-state index is 0.238. The predicted octanol–water partition coefficient (Wildman–Crippen LogP) is 2.04. The van der Waals surface area contributed by atoms with Crippen LogP contribution in [0.5, 0.6) is 11.5 Å². The zero-order chi connectivity index (χ0) is 14.7. The van der Waals surface area contributed by atoms with Crippen LogP contribution in [0.1, 0.15) is 36.0 Å². The second kappa shape index (κ2) is 6.13. The lowest BCUT2D eigenvalue weighted by atomic mass is 10.1. The van der Waals surface area contributed by atoms with Crippen LogP contribution < -0.4 is 15.2 Å². The van der Waals surface area contributed by atoms with Crippen molar-refractivity contribution in [2.24, 2.45) is 5.73 Å². The number of aromatic nitrogens is 2. The molecule has 0 bridgehead atoms. The van der Waals surface area contributed by atoms with Gasteiger partial charge >= 0.3 is 0 Å². The molecule has 1 aliphatic carbocycles. The van der Waals surface area contributed by atoms with Crippen LogP contribution in [-0.2, 0) is 13.0 Å². The molecule has 1 heterocycles. The van der Waals surface area contributed by atoms with Crippen LogP contribution >= 0.6 is 0 Å². The van der Waals surface area contributed by atoms with Crippen molar-refractivity contribution in [2.45, 2.75) is 31.8 Å². The van der Waals surface area contributed by atoms with Gasteiger partial charge in [-0.1, -0.05) is 11.2 Å². The highest BCUT2D eigenvalue weighted by Gasteiger charge is 2.28. The zero-order valence-electron chi connectivity index (χ0n) is 12.0. The molecule has 6 nitrogen and oxygen atoms in total. The molecule has 2 N–H and O–H groups in total. The van der Waals surface area contributed by atoms with Crippen molar-refractivity contribution in [2.75, 3.05) is 13.7 Å². The van der Waals surface area contributed by atoms with Crippen molar-refractivity contribution in [3.05, 3.63) is 35.5 Å². The monoisotopic (exact) mass is 289 g/mol. The summed E-state index contributed by atoms with van der Waals surface area (Å²) in [5, 5.41) is 3.97. The number of nitrogens with two attached hydrogens (primary N) is 1. The number of nitrogens with zero attached hydrogens (tertiary/aromatic N) is 2. The van der Waals surface area contributed by atoms with Crippen LogP contribution in [0.2, 0.25) is 0 Å². The van der Waals surface area contributed by atoms with Crippen LogP contribution in [0.25, 0.3) is 0 Å². The molecule has 0 atom stereocenters. The quantitative estimate of drug-likeness (QED) is 0.839. The molecule has 112 valence electrons. The topological polar surface area (TPSA) is 83.4 Å². The third-order valence-electron chi connectivity index (χ3n) is 3.44. The zero-order valence-corrected chi connectivity index (χ0v) is 12.0. The third kappa shape index (κ3) is 3.33. The fraction of sp³-hybridized carbons (Fsp3) is 0.467. The summed E-state index contributed by atoms with van der Waals surface area (Å²) in [7, 11) is 1.61. The van der Waals surface area contributed by atoms with E-state index in [1.807, 2.05) is 18.2 Å². The molecule has 0 saturated heterocycles. The van der Waals surface area contributed by atoms with E-state index in [0.717, 1.165) is 30.7 Å². The lowest BCUT2D eigenvalue weighted by molar-refractivity contribution is 0.233. The van der Waals surface area contributed by atoms with Crippen molar-refractivity contribution in [1.82, 2.24) is 10.1 Å². The second-order valence-electron chi connectivity index (χ2n) is 5.13. The SMILES string of the molecule is COc1ccc(CCN)cc1OCc1nc(C2CC2)no1. The number of benzene rings is 1. The second-order valence-corrected chi connectivity index (χ2v) is 5.13. The third-order valence-corrected chi connectivity index (χ3v) is 3.44. The predicted molar refractivity (Wildman–Crippen MR) is 76.4 cm³/mol. The molecule has 1 aromatic carbocycles. The fourth-order valence-electron chi connectivity index (χ4n) is 2.13.